The zero-order chi connectivity index (χ0) is 9.97. The van der Waals surface area contributed by atoms with E-state index in [1.54, 1.807) is 29.2 Å². The van der Waals surface area contributed by atoms with Crippen LogP contribution in [0.15, 0.2) is 24.3 Å². The molecule has 4 nitrogen and oxygen atoms in total. The van der Waals surface area contributed by atoms with Crippen molar-refractivity contribution in [3.05, 3.63) is 31.4 Å². The second kappa shape index (κ2) is 3.57. The van der Waals surface area contributed by atoms with Gasteiger partial charge in [0.15, 0.2) is 0 Å². The van der Waals surface area contributed by atoms with Crippen LogP contribution >= 0.6 is 0 Å². The first-order chi connectivity index (χ1) is 6.81. The van der Waals surface area contributed by atoms with Crippen molar-refractivity contribution < 1.29 is 14.3 Å². The van der Waals surface area contributed by atoms with Gasteiger partial charge in [-0.15, -0.1) is 0 Å². The predicted molar refractivity (Wildman–Crippen MR) is 51.1 cm³/mol. The number of nitrogens with zero attached hydrogens (tertiary/aromatic N) is 1. The minimum absolute atomic E-state index is 0.298. The van der Waals surface area contributed by atoms with Crippen molar-refractivity contribution in [2.75, 3.05) is 18.1 Å². The number of cyclic esters (lactones) is 1. The molecule has 0 aromatic heterocycles. The standard InChI is InChI=1S/C10H10NO3/c1-13-9-4-2-8(3-5-9)11-6-7-14-10(11)12/h2-5H,1,6-7H2. The van der Waals surface area contributed by atoms with Gasteiger partial charge in [-0.2, -0.15) is 0 Å². The molecule has 0 spiro atoms. The quantitative estimate of drug-likeness (QED) is 0.717. The molecule has 0 N–H and O–H groups in total. The molecule has 73 valence electrons. The Balaban J connectivity index is 2.20. The van der Waals surface area contributed by atoms with Crippen LogP contribution in [0.2, 0.25) is 0 Å². The summed E-state index contributed by atoms with van der Waals surface area (Å²) in [5, 5.41) is 0. The molecular weight excluding hydrogens is 182 g/mol. The lowest BCUT2D eigenvalue weighted by Crippen LogP contribution is -2.22. The molecule has 0 aliphatic carbocycles. The summed E-state index contributed by atoms with van der Waals surface area (Å²) in [4.78, 5) is 12.8. The Hall–Kier alpha value is -1.71. The van der Waals surface area contributed by atoms with E-state index in [9.17, 15) is 4.79 Å². The van der Waals surface area contributed by atoms with Gasteiger partial charge in [-0.25, -0.2) is 4.79 Å². The molecule has 1 radical (unpaired) electrons. The molecule has 1 aromatic carbocycles. The van der Waals surface area contributed by atoms with Crippen LogP contribution in [-0.2, 0) is 4.74 Å². The summed E-state index contributed by atoms with van der Waals surface area (Å²) in [7, 11) is 3.29. The summed E-state index contributed by atoms with van der Waals surface area (Å²) in [5.74, 6) is 0.668. The molecule has 14 heavy (non-hydrogen) atoms. The molecule has 1 aliphatic rings. The van der Waals surface area contributed by atoms with E-state index in [-0.39, 0.29) is 6.09 Å². The van der Waals surface area contributed by atoms with Crippen LogP contribution in [0.5, 0.6) is 5.75 Å². The van der Waals surface area contributed by atoms with E-state index in [1.165, 1.54) is 0 Å². The van der Waals surface area contributed by atoms with Crippen molar-refractivity contribution in [3.63, 3.8) is 0 Å². The highest BCUT2D eigenvalue weighted by Crippen LogP contribution is 2.21. The lowest BCUT2D eigenvalue weighted by molar-refractivity contribution is 0.181. The molecule has 0 saturated carbocycles. The molecule has 0 unspecified atom stereocenters. The van der Waals surface area contributed by atoms with E-state index >= 15 is 0 Å². The first-order valence-electron chi connectivity index (χ1n) is 4.27. The van der Waals surface area contributed by atoms with Gasteiger partial charge in [0.2, 0.25) is 0 Å². The SMILES string of the molecule is [CH2]Oc1ccc(N2CCOC2=O)cc1. The fourth-order valence-electron chi connectivity index (χ4n) is 1.35. The Morgan fingerprint density at radius 1 is 1.36 bits per heavy atom. The Bertz CT molecular complexity index is 334. The van der Waals surface area contributed by atoms with Crippen LogP contribution in [0.4, 0.5) is 10.5 Å². The molecule has 1 saturated heterocycles. The second-order valence-corrected chi connectivity index (χ2v) is 2.90. The van der Waals surface area contributed by atoms with Crippen LogP contribution in [0.25, 0.3) is 0 Å². The minimum atomic E-state index is -0.298. The van der Waals surface area contributed by atoms with Crippen molar-refractivity contribution >= 4 is 11.8 Å². The summed E-state index contributed by atoms with van der Waals surface area (Å²) in [5.41, 5.74) is 0.813. The van der Waals surface area contributed by atoms with Gasteiger partial charge < -0.3 is 9.47 Å². The summed E-state index contributed by atoms with van der Waals surface area (Å²) < 4.78 is 9.59. The first kappa shape index (κ1) is 8.87. The second-order valence-electron chi connectivity index (χ2n) is 2.90. The molecule has 0 bridgehead atoms. The fourth-order valence-corrected chi connectivity index (χ4v) is 1.35. The molecular formula is C10H10NO3. The van der Waals surface area contributed by atoms with Gasteiger partial charge in [0.25, 0.3) is 0 Å². The fraction of sp³-hybridized carbons (Fsp3) is 0.200. The van der Waals surface area contributed by atoms with Crippen molar-refractivity contribution in [1.82, 2.24) is 0 Å². The van der Waals surface area contributed by atoms with Gasteiger partial charge in [-0.3, -0.25) is 4.90 Å². The molecule has 1 fully saturated rings. The third-order valence-corrected chi connectivity index (χ3v) is 2.08. The van der Waals surface area contributed by atoms with Crippen molar-refractivity contribution in [2.45, 2.75) is 0 Å². The minimum Gasteiger partial charge on any atom is -0.490 e. The lowest BCUT2D eigenvalue weighted by atomic mass is 10.3. The Labute approximate surface area is 82.0 Å². The van der Waals surface area contributed by atoms with E-state index in [0.29, 0.717) is 18.9 Å². The molecule has 1 amide bonds. The maximum Gasteiger partial charge on any atom is 0.414 e. The van der Waals surface area contributed by atoms with Crippen molar-refractivity contribution in [2.24, 2.45) is 0 Å². The summed E-state index contributed by atoms with van der Waals surface area (Å²) in [6.07, 6.45) is -0.298. The number of hydrogen-bond donors (Lipinski definition) is 0. The Morgan fingerprint density at radius 2 is 2.07 bits per heavy atom. The topological polar surface area (TPSA) is 38.8 Å². The maximum atomic E-state index is 11.2. The average Bonchev–Trinajstić information content (AvgIpc) is 2.65. The number of benzene rings is 1. The van der Waals surface area contributed by atoms with E-state index in [1.807, 2.05) is 0 Å². The predicted octanol–water partition coefficient (Wildman–Crippen LogP) is 1.81. The van der Waals surface area contributed by atoms with E-state index < -0.39 is 0 Å². The van der Waals surface area contributed by atoms with E-state index in [0.717, 1.165) is 5.69 Å². The number of rotatable bonds is 2. The van der Waals surface area contributed by atoms with Crippen LogP contribution < -0.4 is 9.64 Å². The van der Waals surface area contributed by atoms with Gasteiger partial charge in [0.1, 0.15) is 19.5 Å². The Kier molecular flexibility index (Phi) is 2.26. The number of carbonyl (C=O) groups is 1. The maximum absolute atomic E-state index is 11.2. The molecule has 4 heteroatoms. The van der Waals surface area contributed by atoms with Crippen molar-refractivity contribution in [3.8, 4) is 5.75 Å². The van der Waals surface area contributed by atoms with E-state index in [4.69, 9.17) is 9.47 Å². The third-order valence-electron chi connectivity index (χ3n) is 2.08. The van der Waals surface area contributed by atoms with Gasteiger partial charge in [0, 0.05) is 5.69 Å². The van der Waals surface area contributed by atoms with Gasteiger partial charge >= 0.3 is 6.09 Å². The highest BCUT2D eigenvalue weighted by molar-refractivity contribution is 5.89. The van der Waals surface area contributed by atoms with Gasteiger partial charge in [-0.1, -0.05) is 0 Å². The number of anilines is 1. The number of carbonyl (C=O) groups excluding carboxylic acids is 1. The van der Waals surface area contributed by atoms with Gasteiger partial charge in [-0.05, 0) is 24.3 Å². The molecule has 0 atom stereocenters. The number of amides is 1. The molecule has 1 aliphatic heterocycles. The molecule has 2 rings (SSSR count). The Morgan fingerprint density at radius 3 is 2.57 bits per heavy atom. The largest absolute Gasteiger partial charge is 0.490 e. The normalized spacial score (nSPS) is 15.5. The first-order valence-corrected chi connectivity index (χ1v) is 4.27. The molecule has 1 heterocycles. The summed E-state index contributed by atoms with van der Waals surface area (Å²) >= 11 is 0. The number of ether oxygens (including phenoxy) is 2. The smallest absolute Gasteiger partial charge is 0.414 e. The third kappa shape index (κ3) is 1.51. The number of hydrogen-bond acceptors (Lipinski definition) is 3. The zero-order valence-electron chi connectivity index (χ0n) is 7.60. The zero-order valence-corrected chi connectivity index (χ0v) is 7.60. The van der Waals surface area contributed by atoms with E-state index in [2.05, 4.69) is 7.11 Å². The highest BCUT2D eigenvalue weighted by Gasteiger charge is 2.23. The van der Waals surface area contributed by atoms with Crippen molar-refractivity contribution in [1.29, 1.82) is 0 Å². The summed E-state index contributed by atoms with van der Waals surface area (Å²) in [6, 6.07) is 7.11. The van der Waals surface area contributed by atoms with Crippen LogP contribution in [0, 0.1) is 7.11 Å². The van der Waals surface area contributed by atoms with Gasteiger partial charge in [0.05, 0.1) is 6.54 Å². The van der Waals surface area contributed by atoms with Crippen LogP contribution in [0.3, 0.4) is 0 Å². The van der Waals surface area contributed by atoms with Crippen LogP contribution in [0.1, 0.15) is 0 Å². The molecule has 1 aromatic rings. The monoisotopic (exact) mass is 192 g/mol. The van der Waals surface area contributed by atoms with Crippen LogP contribution in [-0.4, -0.2) is 19.2 Å². The summed E-state index contributed by atoms with van der Waals surface area (Å²) in [6.45, 7) is 1.05. The average molecular weight is 192 g/mol. The lowest BCUT2D eigenvalue weighted by Gasteiger charge is -2.12. The highest BCUT2D eigenvalue weighted by atomic mass is 16.6.